The van der Waals surface area contributed by atoms with Crippen LogP contribution in [0.5, 0.6) is 6.01 Å². The Hall–Kier alpha value is -1.34. The fraction of sp³-hybridized carbons (Fsp3) is 0.100. The fourth-order valence-electron chi connectivity index (χ4n) is 1.12. The summed E-state index contributed by atoms with van der Waals surface area (Å²) in [6.07, 6.45) is 0. The molecular formula is C10H9BrN4OS. The van der Waals surface area contributed by atoms with Crippen molar-refractivity contribution in [2.75, 3.05) is 12.8 Å². The molecule has 1 heterocycles. The quantitative estimate of drug-likeness (QED) is 0.938. The Morgan fingerprint density at radius 3 is 2.71 bits per heavy atom. The van der Waals surface area contributed by atoms with Gasteiger partial charge in [-0.25, -0.2) is 0 Å². The smallest absolute Gasteiger partial charge is 0.321 e. The number of halogens is 1. The molecule has 0 aliphatic rings. The Morgan fingerprint density at radius 1 is 1.24 bits per heavy atom. The van der Waals surface area contributed by atoms with E-state index in [-0.39, 0.29) is 12.0 Å². The minimum atomic E-state index is 0.145. The average molecular weight is 313 g/mol. The van der Waals surface area contributed by atoms with Crippen LogP contribution in [0, 0.1) is 0 Å². The van der Waals surface area contributed by atoms with E-state index in [2.05, 4.69) is 30.9 Å². The van der Waals surface area contributed by atoms with E-state index in [1.807, 2.05) is 24.3 Å². The lowest BCUT2D eigenvalue weighted by Crippen LogP contribution is -2.01. The third-order valence-corrected chi connectivity index (χ3v) is 3.73. The van der Waals surface area contributed by atoms with E-state index in [0.29, 0.717) is 5.16 Å². The molecule has 0 atom stereocenters. The van der Waals surface area contributed by atoms with E-state index in [1.165, 1.54) is 18.9 Å². The van der Waals surface area contributed by atoms with Gasteiger partial charge in [0.15, 0.2) is 0 Å². The molecule has 2 aromatic rings. The molecule has 0 saturated carbocycles. The average Bonchev–Trinajstić information content (AvgIpc) is 2.31. The fourth-order valence-corrected chi connectivity index (χ4v) is 2.41. The van der Waals surface area contributed by atoms with Crippen LogP contribution in [0.4, 0.5) is 5.95 Å². The third kappa shape index (κ3) is 3.07. The molecule has 0 unspecified atom stereocenters. The first-order chi connectivity index (χ1) is 8.19. The molecule has 0 radical (unpaired) electrons. The van der Waals surface area contributed by atoms with Crippen molar-refractivity contribution in [2.24, 2.45) is 0 Å². The molecule has 0 spiro atoms. The summed E-state index contributed by atoms with van der Waals surface area (Å²) in [5, 5.41) is 0.501. The van der Waals surface area contributed by atoms with Crippen LogP contribution in [-0.4, -0.2) is 22.1 Å². The second-order valence-corrected chi connectivity index (χ2v) is 4.86. The standard InChI is InChI=1S/C10H9BrN4OS/c1-16-9-13-8(12)14-10(15-9)17-7-5-3-2-4-6(7)11/h2-5H,1H3,(H2,12,13,14,15). The van der Waals surface area contributed by atoms with Gasteiger partial charge in [0.25, 0.3) is 0 Å². The van der Waals surface area contributed by atoms with Gasteiger partial charge in [-0.2, -0.15) is 15.0 Å². The number of ether oxygens (including phenoxy) is 1. The molecule has 5 nitrogen and oxygen atoms in total. The minimum Gasteiger partial charge on any atom is -0.467 e. The lowest BCUT2D eigenvalue weighted by atomic mass is 10.4. The normalized spacial score (nSPS) is 10.2. The van der Waals surface area contributed by atoms with E-state index in [9.17, 15) is 0 Å². The molecule has 7 heteroatoms. The number of anilines is 1. The summed E-state index contributed by atoms with van der Waals surface area (Å²) in [6, 6.07) is 8.00. The van der Waals surface area contributed by atoms with Gasteiger partial charge < -0.3 is 10.5 Å². The Labute approximate surface area is 111 Å². The highest BCUT2D eigenvalue weighted by molar-refractivity contribution is 9.10. The summed E-state index contributed by atoms with van der Waals surface area (Å²) >= 11 is 4.84. The lowest BCUT2D eigenvalue weighted by Gasteiger charge is -2.04. The summed E-state index contributed by atoms with van der Waals surface area (Å²) in [5.74, 6) is 0.145. The van der Waals surface area contributed by atoms with E-state index < -0.39 is 0 Å². The molecule has 0 aliphatic carbocycles. The number of hydrogen-bond acceptors (Lipinski definition) is 6. The number of benzene rings is 1. The van der Waals surface area contributed by atoms with Gasteiger partial charge in [-0.05, 0) is 39.8 Å². The number of nitrogen functional groups attached to an aromatic ring is 1. The van der Waals surface area contributed by atoms with E-state index in [1.54, 1.807) is 0 Å². The second-order valence-electron chi connectivity index (χ2n) is 3.00. The lowest BCUT2D eigenvalue weighted by molar-refractivity contribution is 0.374. The second kappa shape index (κ2) is 5.33. The molecule has 1 aromatic carbocycles. The van der Waals surface area contributed by atoms with Crippen molar-refractivity contribution in [1.29, 1.82) is 0 Å². The van der Waals surface area contributed by atoms with Crippen molar-refractivity contribution in [3.63, 3.8) is 0 Å². The van der Waals surface area contributed by atoms with Gasteiger partial charge >= 0.3 is 6.01 Å². The van der Waals surface area contributed by atoms with Gasteiger partial charge in [0, 0.05) is 9.37 Å². The van der Waals surface area contributed by atoms with Crippen LogP contribution in [0.2, 0.25) is 0 Å². The largest absolute Gasteiger partial charge is 0.467 e. The molecule has 88 valence electrons. The zero-order valence-electron chi connectivity index (χ0n) is 8.92. The molecule has 2 N–H and O–H groups in total. The zero-order valence-corrected chi connectivity index (χ0v) is 11.3. The van der Waals surface area contributed by atoms with Gasteiger partial charge in [0.1, 0.15) is 0 Å². The molecule has 0 saturated heterocycles. The first-order valence-corrected chi connectivity index (χ1v) is 6.28. The van der Waals surface area contributed by atoms with Crippen molar-refractivity contribution in [3.05, 3.63) is 28.7 Å². The number of nitrogens with two attached hydrogens (primary N) is 1. The predicted molar refractivity (Wildman–Crippen MR) is 69.1 cm³/mol. The Kier molecular flexibility index (Phi) is 3.80. The van der Waals surface area contributed by atoms with Crippen molar-refractivity contribution < 1.29 is 4.74 Å². The Balaban J connectivity index is 2.30. The topological polar surface area (TPSA) is 73.9 Å². The molecule has 0 amide bonds. The SMILES string of the molecule is COc1nc(N)nc(Sc2ccccc2Br)n1. The highest BCUT2D eigenvalue weighted by Crippen LogP contribution is 2.31. The summed E-state index contributed by atoms with van der Waals surface area (Å²) < 4.78 is 5.91. The number of nitrogens with zero attached hydrogens (tertiary/aromatic N) is 3. The van der Waals surface area contributed by atoms with Crippen LogP contribution in [-0.2, 0) is 0 Å². The molecule has 0 bridgehead atoms. The van der Waals surface area contributed by atoms with Crippen molar-refractivity contribution in [3.8, 4) is 6.01 Å². The number of rotatable bonds is 3. The van der Waals surface area contributed by atoms with Crippen molar-refractivity contribution in [2.45, 2.75) is 10.1 Å². The Bertz CT molecular complexity index is 537. The molecular weight excluding hydrogens is 304 g/mol. The first-order valence-electron chi connectivity index (χ1n) is 4.67. The molecule has 17 heavy (non-hydrogen) atoms. The van der Waals surface area contributed by atoms with Crippen molar-refractivity contribution >= 4 is 33.6 Å². The van der Waals surface area contributed by atoms with Gasteiger partial charge in [-0.1, -0.05) is 12.1 Å². The number of hydrogen-bond donors (Lipinski definition) is 1. The summed E-state index contributed by atoms with van der Waals surface area (Å²) in [5.41, 5.74) is 5.56. The van der Waals surface area contributed by atoms with Crippen LogP contribution < -0.4 is 10.5 Å². The summed E-state index contributed by atoms with van der Waals surface area (Å²) in [7, 11) is 1.49. The predicted octanol–water partition coefficient (Wildman–Crippen LogP) is 2.38. The maximum absolute atomic E-state index is 5.56. The molecule has 0 aliphatic heterocycles. The summed E-state index contributed by atoms with van der Waals surface area (Å²) in [6.45, 7) is 0. The zero-order chi connectivity index (χ0) is 12.3. The van der Waals surface area contributed by atoms with Crippen LogP contribution in [0.3, 0.4) is 0 Å². The minimum absolute atomic E-state index is 0.145. The van der Waals surface area contributed by atoms with E-state index >= 15 is 0 Å². The maximum atomic E-state index is 5.56. The molecule has 1 aromatic heterocycles. The van der Waals surface area contributed by atoms with Crippen LogP contribution in [0.25, 0.3) is 0 Å². The number of methoxy groups -OCH3 is 1. The Morgan fingerprint density at radius 2 is 2.00 bits per heavy atom. The maximum Gasteiger partial charge on any atom is 0.321 e. The molecule has 2 rings (SSSR count). The van der Waals surface area contributed by atoms with Gasteiger partial charge in [-0.15, -0.1) is 0 Å². The summed E-state index contributed by atoms with van der Waals surface area (Å²) in [4.78, 5) is 13.0. The van der Waals surface area contributed by atoms with Gasteiger partial charge in [-0.3, -0.25) is 0 Å². The van der Waals surface area contributed by atoms with Crippen LogP contribution in [0.15, 0.2) is 38.8 Å². The van der Waals surface area contributed by atoms with Crippen LogP contribution in [0.1, 0.15) is 0 Å². The van der Waals surface area contributed by atoms with Gasteiger partial charge in [0.2, 0.25) is 11.1 Å². The first kappa shape index (κ1) is 12.1. The van der Waals surface area contributed by atoms with E-state index in [4.69, 9.17) is 10.5 Å². The third-order valence-electron chi connectivity index (χ3n) is 1.83. The number of aromatic nitrogens is 3. The highest BCUT2D eigenvalue weighted by Gasteiger charge is 2.08. The van der Waals surface area contributed by atoms with Crippen molar-refractivity contribution in [1.82, 2.24) is 15.0 Å². The van der Waals surface area contributed by atoms with E-state index in [0.717, 1.165) is 9.37 Å². The monoisotopic (exact) mass is 312 g/mol. The molecule has 0 fully saturated rings. The van der Waals surface area contributed by atoms with Crippen LogP contribution >= 0.6 is 27.7 Å². The van der Waals surface area contributed by atoms with Gasteiger partial charge in [0.05, 0.1) is 7.11 Å². The highest BCUT2D eigenvalue weighted by atomic mass is 79.9.